The van der Waals surface area contributed by atoms with Crippen molar-refractivity contribution in [3.8, 4) is 39.4 Å². The third kappa shape index (κ3) is 9.17. The van der Waals surface area contributed by atoms with Gasteiger partial charge in [-0.15, -0.1) is 0 Å². The molecule has 0 saturated carbocycles. The lowest BCUT2D eigenvalue weighted by molar-refractivity contribution is -0.145. The second kappa shape index (κ2) is 18.8. The van der Waals surface area contributed by atoms with Gasteiger partial charge in [-0.1, -0.05) is 74.5 Å². The maximum absolute atomic E-state index is 14.0. The number of nitrogens with zero attached hydrogens (tertiary/aromatic N) is 4. The molecule has 63 heavy (non-hydrogen) atoms. The standard InChI is InChI=1S/C48H54N8O7/c1-28(2)41(53-47(59)62-4)45(57)55-22-6-8-39(55)44-50-27-38(52-44)35-17-16-33-24-32(14-15-34(33)25-35)29-10-12-30(13-11-29)37-26-49-43(51-37)40-9-7-23-56(40)46(58)42(54-48(60)63-5)31-18-20-36(61-3)21-19-31/h10-21,24-28,39-42,47,53,59H,6-9,22-23H2,1-5H3,(H,49,51)(H,50,52)(H,54,60)/t39-,40-,41-,42-,47?/m0/s1. The van der Waals surface area contributed by atoms with Gasteiger partial charge < -0.3 is 44.4 Å². The van der Waals surface area contributed by atoms with E-state index in [0.29, 0.717) is 30.2 Å². The first-order chi connectivity index (χ1) is 30.5. The number of carbonyl (C=O) groups excluding carboxylic acids is 3. The van der Waals surface area contributed by atoms with Crippen molar-refractivity contribution >= 4 is 28.7 Å². The highest BCUT2D eigenvalue weighted by molar-refractivity contribution is 5.91. The van der Waals surface area contributed by atoms with Crippen LogP contribution in [-0.2, 0) is 19.1 Å². The molecule has 2 aliphatic rings. The van der Waals surface area contributed by atoms with Crippen molar-refractivity contribution in [2.24, 2.45) is 5.92 Å². The summed E-state index contributed by atoms with van der Waals surface area (Å²) in [7, 11) is 4.24. The fourth-order valence-electron chi connectivity index (χ4n) is 8.75. The molecular formula is C48H54N8O7. The third-order valence-corrected chi connectivity index (χ3v) is 12.2. The van der Waals surface area contributed by atoms with E-state index in [4.69, 9.17) is 24.2 Å². The Balaban J connectivity index is 0.940. The molecule has 5 atom stereocenters. The number of aliphatic hydroxyl groups is 1. The van der Waals surface area contributed by atoms with E-state index in [1.165, 1.54) is 14.2 Å². The highest BCUT2D eigenvalue weighted by atomic mass is 16.6. The molecular weight excluding hydrogens is 801 g/mol. The molecule has 15 heteroatoms. The van der Waals surface area contributed by atoms with Crippen LogP contribution < -0.4 is 15.4 Å². The minimum atomic E-state index is -1.23. The van der Waals surface area contributed by atoms with Crippen LogP contribution in [0.5, 0.6) is 5.75 Å². The Morgan fingerprint density at radius 1 is 0.714 bits per heavy atom. The van der Waals surface area contributed by atoms with Gasteiger partial charge in [-0.2, -0.15) is 0 Å². The van der Waals surface area contributed by atoms with Gasteiger partial charge in [0.15, 0.2) is 0 Å². The summed E-state index contributed by atoms with van der Waals surface area (Å²) in [4.78, 5) is 60.1. The van der Waals surface area contributed by atoms with Crippen molar-refractivity contribution in [1.82, 2.24) is 40.4 Å². The molecule has 6 aromatic rings. The normalized spacial score (nSPS) is 17.8. The molecule has 0 spiro atoms. The fourth-order valence-corrected chi connectivity index (χ4v) is 8.75. The molecule has 0 aliphatic carbocycles. The molecule has 2 saturated heterocycles. The average Bonchev–Trinajstić information content (AvgIpc) is 4.17. The number of nitrogens with one attached hydrogen (secondary N) is 4. The zero-order valence-electron chi connectivity index (χ0n) is 36.1. The number of alkyl carbamates (subject to hydrolysis) is 1. The van der Waals surface area contributed by atoms with Gasteiger partial charge in [0, 0.05) is 25.8 Å². The van der Waals surface area contributed by atoms with E-state index in [1.54, 1.807) is 42.5 Å². The molecule has 4 heterocycles. The molecule has 328 valence electrons. The van der Waals surface area contributed by atoms with Crippen LogP contribution in [0.2, 0.25) is 0 Å². The fraction of sp³-hybridized carbons (Fsp3) is 0.354. The number of H-pyrrole nitrogens is 2. The summed E-state index contributed by atoms with van der Waals surface area (Å²) >= 11 is 0. The predicted molar refractivity (Wildman–Crippen MR) is 238 cm³/mol. The van der Waals surface area contributed by atoms with E-state index in [2.05, 4.69) is 81.3 Å². The number of hydrogen-bond donors (Lipinski definition) is 5. The summed E-state index contributed by atoms with van der Waals surface area (Å²) in [6.07, 6.45) is 4.91. The third-order valence-electron chi connectivity index (χ3n) is 12.2. The number of aromatic nitrogens is 4. The molecule has 4 aromatic carbocycles. The molecule has 2 aliphatic heterocycles. The number of aromatic amines is 2. The molecule has 5 N–H and O–H groups in total. The van der Waals surface area contributed by atoms with E-state index < -0.39 is 24.6 Å². The van der Waals surface area contributed by atoms with Gasteiger partial charge in [-0.05, 0) is 88.9 Å². The lowest BCUT2D eigenvalue weighted by atomic mass is 9.98. The van der Waals surface area contributed by atoms with Crippen LogP contribution in [0.15, 0.2) is 97.3 Å². The van der Waals surface area contributed by atoms with Crippen LogP contribution >= 0.6 is 0 Å². The maximum atomic E-state index is 14.0. The van der Waals surface area contributed by atoms with Gasteiger partial charge in [0.25, 0.3) is 5.91 Å². The Hall–Kier alpha value is -6.55. The number of carbonyl (C=O) groups is 3. The molecule has 0 bridgehead atoms. The minimum Gasteiger partial charge on any atom is -0.497 e. The highest BCUT2D eigenvalue weighted by Crippen LogP contribution is 2.36. The lowest BCUT2D eigenvalue weighted by Gasteiger charge is -2.31. The number of amides is 3. The second-order valence-electron chi connectivity index (χ2n) is 16.4. The van der Waals surface area contributed by atoms with Crippen LogP contribution in [0.25, 0.3) is 44.4 Å². The van der Waals surface area contributed by atoms with Crippen molar-refractivity contribution in [1.29, 1.82) is 0 Å². The van der Waals surface area contributed by atoms with Crippen LogP contribution in [0.4, 0.5) is 4.79 Å². The molecule has 0 radical (unpaired) electrons. The van der Waals surface area contributed by atoms with Crippen LogP contribution in [0.1, 0.15) is 74.9 Å². The van der Waals surface area contributed by atoms with Gasteiger partial charge in [0.05, 0.1) is 56.1 Å². The van der Waals surface area contributed by atoms with Crippen molar-refractivity contribution in [2.75, 3.05) is 34.4 Å². The predicted octanol–water partition coefficient (Wildman–Crippen LogP) is 7.26. The van der Waals surface area contributed by atoms with Gasteiger partial charge in [-0.25, -0.2) is 14.8 Å². The van der Waals surface area contributed by atoms with E-state index in [-0.39, 0.29) is 29.8 Å². The Kier molecular flexibility index (Phi) is 12.9. The smallest absolute Gasteiger partial charge is 0.407 e. The van der Waals surface area contributed by atoms with Gasteiger partial charge in [0.1, 0.15) is 23.4 Å². The topological polar surface area (TPSA) is 187 Å². The molecule has 15 nitrogen and oxygen atoms in total. The Morgan fingerprint density at radius 3 is 1.83 bits per heavy atom. The Labute approximate surface area is 366 Å². The highest BCUT2D eigenvalue weighted by Gasteiger charge is 2.39. The van der Waals surface area contributed by atoms with E-state index in [0.717, 1.165) is 75.9 Å². The largest absolute Gasteiger partial charge is 0.497 e. The zero-order chi connectivity index (χ0) is 44.2. The number of hydrogen-bond acceptors (Lipinski definition) is 10. The Bertz CT molecular complexity index is 2550. The number of benzene rings is 4. The van der Waals surface area contributed by atoms with Crippen LogP contribution in [0.3, 0.4) is 0 Å². The number of fused-ring (bicyclic) bond motifs is 1. The molecule has 2 fully saturated rings. The summed E-state index contributed by atoms with van der Waals surface area (Å²) in [5.74, 6) is 1.71. The summed E-state index contributed by atoms with van der Waals surface area (Å²) in [6.45, 7) is 5.04. The van der Waals surface area contributed by atoms with E-state index in [1.807, 2.05) is 24.9 Å². The maximum Gasteiger partial charge on any atom is 0.407 e. The Morgan fingerprint density at radius 2 is 1.25 bits per heavy atom. The van der Waals surface area contributed by atoms with E-state index >= 15 is 0 Å². The van der Waals surface area contributed by atoms with Crippen LogP contribution in [-0.4, -0.2) is 99.6 Å². The molecule has 8 rings (SSSR count). The number of methoxy groups -OCH3 is 3. The number of likely N-dealkylation sites (tertiary alicyclic amines) is 2. The molecule has 3 amide bonds. The zero-order valence-corrected chi connectivity index (χ0v) is 36.1. The van der Waals surface area contributed by atoms with Crippen molar-refractivity contribution in [3.63, 3.8) is 0 Å². The quantitative estimate of drug-likeness (QED) is 0.0699. The average molecular weight is 855 g/mol. The lowest BCUT2D eigenvalue weighted by Crippen LogP contribution is -2.52. The number of rotatable bonds is 14. The summed E-state index contributed by atoms with van der Waals surface area (Å²) in [6, 6.07) is 26.1. The molecule has 1 unspecified atom stereocenters. The minimum absolute atomic E-state index is 0.0499. The van der Waals surface area contributed by atoms with Gasteiger partial charge >= 0.3 is 6.09 Å². The first kappa shape index (κ1) is 43.1. The first-order valence-electron chi connectivity index (χ1n) is 21.4. The summed E-state index contributed by atoms with van der Waals surface area (Å²) < 4.78 is 15.1. The summed E-state index contributed by atoms with van der Waals surface area (Å²) in [5.41, 5.74) is 6.46. The van der Waals surface area contributed by atoms with Gasteiger partial charge in [-0.3, -0.25) is 14.9 Å². The van der Waals surface area contributed by atoms with Crippen LogP contribution in [0, 0.1) is 5.92 Å². The van der Waals surface area contributed by atoms with Crippen molar-refractivity contribution in [3.05, 3.63) is 115 Å². The number of ether oxygens (including phenoxy) is 3. The first-order valence-corrected chi connectivity index (χ1v) is 21.4. The summed E-state index contributed by atoms with van der Waals surface area (Å²) in [5, 5.41) is 17.8. The number of imidazole rings is 2. The SMILES string of the molecule is COC(=O)N[C@H](C(=O)N1CCC[C@H]1c1ncc(-c2ccc(-c3ccc4cc(-c5cnc([C@@H]6CCCN6C(=O)[C@@H](NC(O)OC)C(C)C)[nH]5)ccc4c3)cc2)[nH]1)c1ccc(OC)cc1. The van der Waals surface area contributed by atoms with E-state index in [9.17, 15) is 19.5 Å². The van der Waals surface area contributed by atoms with Crippen molar-refractivity contribution in [2.45, 2.75) is 70.1 Å². The monoisotopic (exact) mass is 854 g/mol. The number of aliphatic hydroxyl groups excluding tert-OH is 1. The second-order valence-corrected chi connectivity index (χ2v) is 16.4. The molecule has 2 aromatic heterocycles. The van der Waals surface area contributed by atoms with Gasteiger partial charge in [0.2, 0.25) is 12.3 Å². The van der Waals surface area contributed by atoms with Crippen molar-refractivity contribution < 1.29 is 33.7 Å².